The number of hydrogen-bond acceptors (Lipinski definition) is 4. The van der Waals surface area contributed by atoms with Crippen molar-refractivity contribution in [1.82, 2.24) is 0 Å². The monoisotopic (exact) mass is 397 g/mol. The second kappa shape index (κ2) is 8.24. The minimum Gasteiger partial charge on any atom is -0.487 e. The lowest BCUT2D eigenvalue weighted by atomic mass is 10.0. The van der Waals surface area contributed by atoms with Crippen molar-refractivity contribution in [1.29, 1.82) is 0 Å². The molecular formula is C21H19NO5S. The number of ether oxygens (including phenoxy) is 1. The number of benzene rings is 3. The zero-order valence-corrected chi connectivity index (χ0v) is 15.7. The summed E-state index contributed by atoms with van der Waals surface area (Å²) in [6, 6.07) is 21.6. The second-order valence-corrected chi connectivity index (χ2v) is 7.72. The van der Waals surface area contributed by atoms with Crippen molar-refractivity contribution in [3.8, 4) is 16.9 Å². The van der Waals surface area contributed by atoms with Crippen LogP contribution >= 0.6 is 0 Å². The summed E-state index contributed by atoms with van der Waals surface area (Å²) in [6.07, 6.45) is -0.492. The number of primary sulfonamides is 1. The van der Waals surface area contributed by atoms with Gasteiger partial charge >= 0.3 is 5.97 Å². The van der Waals surface area contributed by atoms with Gasteiger partial charge in [-0.15, -0.1) is 0 Å². The maximum Gasteiger partial charge on any atom is 0.307 e. The maximum absolute atomic E-state index is 12.2. The fourth-order valence-electron chi connectivity index (χ4n) is 2.92. The molecule has 0 spiro atoms. The highest BCUT2D eigenvalue weighted by atomic mass is 32.2. The van der Waals surface area contributed by atoms with Gasteiger partial charge in [-0.3, -0.25) is 4.79 Å². The van der Waals surface area contributed by atoms with Crippen molar-refractivity contribution < 1.29 is 23.1 Å². The van der Waals surface area contributed by atoms with Gasteiger partial charge in [-0.1, -0.05) is 60.7 Å². The average Bonchev–Trinajstić information content (AvgIpc) is 2.66. The van der Waals surface area contributed by atoms with E-state index in [1.165, 1.54) is 6.07 Å². The highest BCUT2D eigenvalue weighted by Gasteiger charge is 2.23. The Hall–Kier alpha value is -3.16. The van der Waals surface area contributed by atoms with Crippen LogP contribution in [0.1, 0.15) is 11.1 Å². The van der Waals surface area contributed by atoms with Crippen LogP contribution in [-0.2, 0) is 27.8 Å². The SMILES string of the molecule is NS(=O)(=O)c1c(CC(=O)O)cc(-c2ccccc2)cc1OCc1ccccc1. The third-order valence-corrected chi connectivity index (χ3v) is 5.13. The van der Waals surface area contributed by atoms with E-state index in [0.29, 0.717) is 5.56 Å². The molecule has 3 aromatic rings. The summed E-state index contributed by atoms with van der Waals surface area (Å²) < 4.78 is 30.2. The Morgan fingerprint density at radius 3 is 2.11 bits per heavy atom. The molecule has 144 valence electrons. The Morgan fingerprint density at radius 2 is 1.54 bits per heavy atom. The Balaban J connectivity index is 2.13. The normalized spacial score (nSPS) is 11.2. The van der Waals surface area contributed by atoms with Crippen LogP contribution in [0.2, 0.25) is 0 Å². The van der Waals surface area contributed by atoms with Gasteiger partial charge in [0.15, 0.2) is 0 Å². The molecule has 0 aromatic heterocycles. The molecule has 28 heavy (non-hydrogen) atoms. The first-order valence-corrected chi connectivity index (χ1v) is 10.0. The molecule has 0 amide bonds. The molecule has 0 radical (unpaired) electrons. The van der Waals surface area contributed by atoms with Crippen LogP contribution in [0.3, 0.4) is 0 Å². The van der Waals surface area contributed by atoms with Crippen molar-refractivity contribution in [3.05, 3.63) is 83.9 Å². The largest absolute Gasteiger partial charge is 0.487 e. The predicted molar refractivity (Wildman–Crippen MR) is 105 cm³/mol. The Kier molecular flexibility index (Phi) is 5.77. The first-order chi connectivity index (χ1) is 13.3. The van der Waals surface area contributed by atoms with Crippen LogP contribution in [-0.4, -0.2) is 19.5 Å². The molecule has 7 heteroatoms. The molecule has 0 atom stereocenters. The molecule has 3 aromatic carbocycles. The molecule has 0 saturated carbocycles. The summed E-state index contributed by atoms with van der Waals surface area (Å²) in [5, 5.41) is 14.6. The number of nitrogens with two attached hydrogens (primary N) is 1. The Labute approximate surface area is 163 Å². The Morgan fingerprint density at radius 1 is 0.929 bits per heavy atom. The zero-order chi connectivity index (χ0) is 20.1. The first kappa shape index (κ1) is 19.6. The van der Waals surface area contributed by atoms with Crippen molar-refractivity contribution in [2.75, 3.05) is 0 Å². The van der Waals surface area contributed by atoms with Crippen LogP contribution in [0.25, 0.3) is 11.1 Å². The fraction of sp³-hybridized carbons (Fsp3) is 0.0952. The Bertz CT molecular complexity index is 1080. The summed E-state index contributed by atoms with van der Waals surface area (Å²) in [7, 11) is -4.20. The van der Waals surface area contributed by atoms with Gasteiger partial charge in [-0.05, 0) is 34.4 Å². The molecule has 0 fully saturated rings. The molecule has 3 rings (SSSR count). The van der Waals surface area contributed by atoms with Gasteiger partial charge < -0.3 is 9.84 Å². The van der Waals surface area contributed by atoms with E-state index < -0.39 is 22.4 Å². The van der Waals surface area contributed by atoms with Crippen molar-refractivity contribution in [3.63, 3.8) is 0 Å². The third kappa shape index (κ3) is 4.76. The predicted octanol–water partition coefficient (Wildman–Crippen LogP) is 3.21. The average molecular weight is 397 g/mol. The highest BCUT2D eigenvalue weighted by molar-refractivity contribution is 7.89. The molecule has 0 aliphatic carbocycles. The van der Waals surface area contributed by atoms with E-state index in [0.717, 1.165) is 11.1 Å². The first-order valence-electron chi connectivity index (χ1n) is 8.48. The van der Waals surface area contributed by atoms with Crippen LogP contribution in [0.4, 0.5) is 0 Å². The molecule has 0 saturated heterocycles. The van der Waals surface area contributed by atoms with E-state index >= 15 is 0 Å². The van der Waals surface area contributed by atoms with Crippen LogP contribution in [0.15, 0.2) is 77.7 Å². The number of aliphatic carboxylic acids is 1. The molecule has 0 bridgehead atoms. The maximum atomic E-state index is 12.2. The van der Waals surface area contributed by atoms with Crippen molar-refractivity contribution in [2.45, 2.75) is 17.9 Å². The topological polar surface area (TPSA) is 107 Å². The van der Waals surface area contributed by atoms with Gasteiger partial charge in [0.05, 0.1) is 6.42 Å². The summed E-state index contributed by atoms with van der Waals surface area (Å²) in [6.45, 7) is 0.119. The van der Waals surface area contributed by atoms with Gasteiger partial charge in [-0.2, -0.15) is 0 Å². The third-order valence-electron chi connectivity index (χ3n) is 4.10. The van der Waals surface area contributed by atoms with E-state index in [1.54, 1.807) is 6.07 Å². The number of carboxylic acid groups (broad SMARTS) is 1. The van der Waals surface area contributed by atoms with Crippen LogP contribution < -0.4 is 9.88 Å². The van der Waals surface area contributed by atoms with Gasteiger partial charge in [0, 0.05) is 0 Å². The number of sulfonamides is 1. The summed E-state index contributed by atoms with van der Waals surface area (Å²) in [5.74, 6) is -1.13. The van der Waals surface area contributed by atoms with Gasteiger partial charge in [0.1, 0.15) is 17.3 Å². The smallest absolute Gasteiger partial charge is 0.307 e. The van der Waals surface area contributed by atoms with Gasteiger partial charge in [0.2, 0.25) is 10.0 Å². The van der Waals surface area contributed by atoms with E-state index in [-0.39, 0.29) is 22.8 Å². The lowest BCUT2D eigenvalue weighted by Crippen LogP contribution is -2.18. The van der Waals surface area contributed by atoms with Crippen molar-refractivity contribution >= 4 is 16.0 Å². The molecule has 6 nitrogen and oxygen atoms in total. The van der Waals surface area contributed by atoms with Crippen molar-refractivity contribution in [2.24, 2.45) is 5.14 Å². The van der Waals surface area contributed by atoms with Gasteiger partial charge in [-0.25, -0.2) is 13.6 Å². The zero-order valence-electron chi connectivity index (χ0n) is 14.9. The lowest BCUT2D eigenvalue weighted by Gasteiger charge is -2.16. The number of rotatable bonds is 7. The quantitative estimate of drug-likeness (QED) is 0.637. The number of hydrogen-bond donors (Lipinski definition) is 2. The molecule has 0 unspecified atom stereocenters. The molecule has 0 heterocycles. The van der Waals surface area contributed by atoms with E-state index in [1.807, 2.05) is 60.7 Å². The lowest BCUT2D eigenvalue weighted by molar-refractivity contribution is -0.136. The summed E-state index contributed by atoms with van der Waals surface area (Å²) in [4.78, 5) is 11.0. The fourth-order valence-corrected chi connectivity index (χ4v) is 3.81. The second-order valence-electron chi connectivity index (χ2n) is 6.22. The number of carbonyl (C=O) groups is 1. The van der Waals surface area contributed by atoms with E-state index in [2.05, 4.69) is 0 Å². The van der Waals surface area contributed by atoms with Crippen LogP contribution in [0.5, 0.6) is 5.75 Å². The minimum absolute atomic E-state index is 0.0314. The van der Waals surface area contributed by atoms with Crippen LogP contribution in [0, 0.1) is 0 Å². The number of carboxylic acids is 1. The standard InChI is InChI=1S/C21H19NO5S/c22-28(25,26)21-18(13-20(23)24)11-17(16-9-5-2-6-10-16)12-19(21)27-14-15-7-3-1-4-8-15/h1-12H,13-14H2,(H,23,24)(H2,22,25,26). The minimum atomic E-state index is -4.20. The summed E-state index contributed by atoms with van der Waals surface area (Å²) in [5.41, 5.74) is 2.37. The van der Waals surface area contributed by atoms with E-state index in [4.69, 9.17) is 9.88 Å². The molecule has 0 aliphatic rings. The molecule has 0 aliphatic heterocycles. The highest BCUT2D eigenvalue weighted by Crippen LogP contribution is 2.34. The molecule has 3 N–H and O–H groups in total. The van der Waals surface area contributed by atoms with Gasteiger partial charge in [0.25, 0.3) is 0 Å². The molecular weight excluding hydrogens is 378 g/mol. The van der Waals surface area contributed by atoms with E-state index in [9.17, 15) is 18.3 Å². The summed E-state index contributed by atoms with van der Waals surface area (Å²) >= 11 is 0.